The number of H-pyrrole nitrogens is 1. The molecule has 1 aliphatic rings. The Balaban J connectivity index is 1.51. The van der Waals surface area contributed by atoms with Gasteiger partial charge in [0.05, 0.1) is 12.7 Å². The minimum absolute atomic E-state index is 0.0223. The Hall–Kier alpha value is -2.47. The number of phenolic OH excluding ortho intramolecular Hbond substituents is 1. The zero-order valence-electron chi connectivity index (χ0n) is 15.0. The van der Waals surface area contributed by atoms with Gasteiger partial charge >= 0.3 is 0 Å². The molecule has 0 bridgehead atoms. The molecule has 2 aromatic carbocycles. The van der Waals surface area contributed by atoms with Crippen LogP contribution in [-0.2, 0) is 0 Å². The first kappa shape index (κ1) is 17.9. The average Bonchev–Trinajstić information content (AvgIpc) is 3.12. The number of carbonyl (C=O) groups is 1. The number of likely N-dealkylation sites (tertiary alicyclic amines) is 1. The van der Waals surface area contributed by atoms with E-state index in [4.69, 9.17) is 4.74 Å². The lowest BCUT2D eigenvalue weighted by Crippen LogP contribution is -2.37. The van der Waals surface area contributed by atoms with Crippen molar-refractivity contribution in [2.45, 2.75) is 18.8 Å². The molecule has 1 amide bonds. The number of amides is 1. The molecule has 4 rings (SSSR count). The summed E-state index contributed by atoms with van der Waals surface area (Å²) in [7, 11) is 1.68. The number of fused-ring (bicyclic) bond motifs is 1. The van der Waals surface area contributed by atoms with Gasteiger partial charge in [0.25, 0.3) is 5.91 Å². The van der Waals surface area contributed by atoms with Crippen molar-refractivity contribution in [1.29, 1.82) is 0 Å². The van der Waals surface area contributed by atoms with Crippen molar-refractivity contribution in [1.82, 2.24) is 9.88 Å². The average molecular weight is 429 g/mol. The highest BCUT2D eigenvalue weighted by Gasteiger charge is 2.27. The lowest BCUT2D eigenvalue weighted by Gasteiger charge is -2.32. The Kier molecular flexibility index (Phi) is 4.83. The normalized spacial score (nSPS) is 15.3. The standard InChI is InChI=1S/C21H21BrN2O3/c1-27-15-3-4-19-16(11-15)18(12-23-19)13-6-8-24(9-7-13)21(26)17-10-14(22)2-5-20(17)25/h2-5,10-13,23,25H,6-9H2,1H3. The molecule has 1 fully saturated rings. The number of aromatic hydroxyl groups is 1. The van der Waals surface area contributed by atoms with E-state index >= 15 is 0 Å². The number of aromatic amines is 1. The topological polar surface area (TPSA) is 65.6 Å². The summed E-state index contributed by atoms with van der Waals surface area (Å²) in [6.07, 6.45) is 3.86. The van der Waals surface area contributed by atoms with Gasteiger partial charge in [-0.3, -0.25) is 4.79 Å². The molecule has 1 saturated heterocycles. The lowest BCUT2D eigenvalue weighted by molar-refractivity contribution is 0.0710. The number of halogens is 1. The summed E-state index contributed by atoms with van der Waals surface area (Å²) in [4.78, 5) is 17.9. The van der Waals surface area contributed by atoms with Crippen molar-refractivity contribution in [3.05, 3.63) is 58.2 Å². The number of phenols is 1. The van der Waals surface area contributed by atoms with Gasteiger partial charge in [-0.25, -0.2) is 0 Å². The maximum absolute atomic E-state index is 12.8. The third-order valence-electron chi connectivity index (χ3n) is 5.33. The first-order chi connectivity index (χ1) is 13.1. The van der Waals surface area contributed by atoms with Crippen LogP contribution in [0.1, 0.15) is 34.7 Å². The molecular formula is C21H21BrN2O3. The van der Waals surface area contributed by atoms with E-state index < -0.39 is 0 Å². The predicted octanol–water partition coefficient (Wildman–Crippen LogP) is 4.66. The van der Waals surface area contributed by atoms with E-state index in [0.29, 0.717) is 24.6 Å². The molecule has 1 aromatic heterocycles. The van der Waals surface area contributed by atoms with E-state index in [-0.39, 0.29) is 11.7 Å². The number of benzene rings is 2. The summed E-state index contributed by atoms with van der Waals surface area (Å²) >= 11 is 3.36. The number of piperidine rings is 1. The summed E-state index contributed by atoms with van der Waals surface area (Å²) in [5.74, 6) is 1.15. The Labute approximate surface area is 166 Å². The summed E-state index contributed by atoms with van der Waals surface area (Å²) in [5.41, 5.74) is 2.73. The third kappa shape index (κ3) is 3.41. The Morgan fingerprint density at radius 1 is 1.22 bits per heavy atom. The van der Waals surface area contributed by atoms with Crippen molar-refractivity contribution in [2.24, 2.45) is 0 Å². The second-order valence-electron chi connectivity index (χ2n) is 6.88. The largest absolute Gasteiger partial charge is 0.507 e. The highest BCUT2D eigenvalue weighted by atomic mass is 79.9. The number of methoxy groups -OCH3 is 1. The van der Waals surface area contributed by atoms with Crippen LogP contribution in [0.4, 0.5) is 0 Å². The fourth-order valence-electron chi connectivity index (χ4n) is 3.83. The highest BCUT2D eigenvalue weighted by molar-refractivity contribution is 9.10. The van der Waals surface area contributed by atoms with Gasteiger partial charge in [0.15, 0.2) is 0 Å². The molecule has 0 spiro atoms. The highest BCUT2D eigenvalue weighted by Crippen LogP contribution is 2.35. The van der Waals surface area contributed by atoms with Gasteiger partial charge in [0.1, 0.15) is 11.5 Å². The van der Waals surface area contributed by atoms with Crippen LogP contribution >= 0.6 is 15.9 Å². The lowest BCUT2D eigenvalue weighted by atomic mass is 9.89. The van der Waals surface area contributed by atoms with Gasteiger partial charge in [-0.2, -0.15) is 0 Å². The first-order valence-electron chi connectivity index (χ1n) is 8.99. The zero-order chi connectivity index (χ0) is 19.0. The van der Waals surface area contributed by atoms with Gasteiger partial charge in [-0.05, 0) is 60.7 Å². The van der Waals surface area contributed by atoms with Crippen LogP contribution in [0.5, 0.6) is 11.5 Å². The van der Waals surface area contributed by atoms with Crippen molar-refractivity contribution < 1.29 is 14.6 Å². The Bertz CT molecular complexity index is 990. The number of aromatic nitrogens is 1. The van der Waals surface area contributed by atoms with E-state index in [0.717, 1.165) is 28.6 Å². The SMILES string of the molecule is COc1ccc2[nH]cc(C3CCN(C(=O)c4cc(Br)ccc4O)CC3)c2c1. The minimum Gasteiger partial charge on any atom is -0.507 e. The number of ether oxygens (including phenoxy) is 1. The molecule has 0 radical (unpaired) electrons. The molecule has 0 aliphatic carbocycles. The fourth-order valence-corrected chi connectivity index (χ4v) is 4.19. The second-order valence-corrected chi connectivity index (χ2v) is 7.80. The van der Waals surface area contributed by atoms with Crippen molar-refractivity contribution in [3.63, 3.8) is 0 Å². The molecule has 5 nitrogen and oxygen atoms in total. The quantitative estimate of drug-likeness (QED) is 0.636. The number of rotatable bonds is 3. The molecule has 6 heteroatoms. The van der Waals surface area contributed by atoms with Crippen LogP contribution in [-0.4, -0.2) is 41.1 Å². The summed E-state index contributed by atoms with van der Waals surface area (Å²) in [6.45, 7) is 1.35. The van der Waals surface area contributed by atoms with E-state index in [1.54, 1.807) is 25.3 Å². The van der Waals surface area contributed by atoms with Crippen LogP contribution in [0, 0.1) is 0 Å². The van der Waals surface area contributed by atoms with Crippen LogP contribution in [0.3, 0.4) is 0 Å². The van der Waals surface area contributed by atoms with Crippen molar-refractivity contribution >= 4 is 32.7 Å². The summed E-state index contributed by atoms with van der Waals surface area (Å²) in [5, 5.41) is 11.2. The molecule has 27 heavy (non-hydrogen) atoms. The monoisotopic (exact) mass is 428 g/mol. The molecule has 2 N–H and O–H groups in total. The fraction of sp³-hybridized carbons (Fsp3) is 0.286. The number of nitrogens with one attached hydrogen (secondary N) is 1. The van der Waals surface area contributed by atoms with Gasteiger partial charge in [0.2, 0.25) is 0 Å². The predicted molar refractivity (Wildman–Crippen MR) is 109 cm³/mol. The van der Waals surface area contributed by atoms with Crippen LogP contribution in [0.25, 0.3) is 10.9 Å². The number of hydrogen-bond acceptors (Lipinski definition) is 3. The maximum atomic E-state index is 12.8. The second kappa shape index (κ2) is 7.27. The van der Waals surface area contributed by atoms with Gasteiger partial charge in [0, 0.05) is 34.7 Å². The van der Waals surface area contributed by atoms with Crippen LogP contribution < -0.4 is 4.74 Å². The van der Waals surface area contributed by atoms with Gasteiger partial charge in [-0.15, -0.1) is 0 Å². The maximum Gasteiger partial charge on any atom is 0.257 e. The number of nitrogens with zero attached hydrogens (tertiary/aromatic N) is 1. The van der Waals surface area contributed by atoms with E-state index in [1.807, 2.05) is 17.0 Å². The minimum atomic E-state index is -0.118. The Morgan fingerprint density at radius 3 is 2.74 bits per heavy atom. The van der Waals surface area contributed by atoms with Crippen LogP contribution in [0.2, 0.25) is 0 Å². The molecule has 2 heterocycles. The molecule has 0 unspecified atom stereocenters. The molecule has 3 aromatic rings. The van der Waals surface area contributed by atoms with Crippen molar-refractivity contribution in [3.8, 4) is 11.5 Å². The number of hydrogen-bond donors (Lipinski definition) is 2. The molecular weight excluding hydrogens is 408 g/mol. The van der Waals surface area contributed by atoms with Crippen molar-refractivity contribution in [2.75, 3.05) is 20.2 Å². The Morgan fingerprint density at radius 2 is 2.00 bits per heavy atom. The summed E-state index contributed by atoms with van der Waals surface area (Å²) < 4.78 is 6.14. The molecule has 140 valence electrons. The number of carbonyl (C=O) groups excluding carboxylic acids is 1. The summed E-state index contributed by atoms with van der Waals surface area (Å²) in [6, 6.07) is 11.0. The third-order valence-corrected chi connectivity index (χ3v) is 5.83. The van der Waals surface area contributed by atoms with E-state index in [1.165, 1.54) is 10.9 Å². The smallest absolute Gasteiger partial charge is 0.257 e. The van der Waals surface area contributed by atoms with E-state index in [9.17, 15) is 9.90 Å². The molecule has 0 atom stereocenters. The van der Waals surface area contributed by atoms with Gasteiger partial charge < -0.3 is 19.7 Å². The van der Waals surface area contributed by atoms with E-state index in [2.05, 4.69) is 33.2 Å². The van der Waals surface area contributed by atoms with Gasteiger partial charge in [-0.1, -0.05) is 15.9 Å². The molecule has 1 aliphatic heterocycles. The first-order valence-corrected chi connectivity index (χ1v) is 9.79. The van der Waals surface area contributed by atoms with Crippen LogP contribution in [0.15, 0.2) is 47.1 Å². The zero-order valence-corrected chi connectivity index (χ0v) is 16.6. The molecule has 0 saturated carbocycles.